The van der Waals surface area contributed by atoms with Crippen molar-refractivity contribution in [3.63, 3.8) is 0 Å². The van der Waals surface area contributed by atoms with E-state index in [1.165, 1.54) is 6.42 Å². The summed E-state index contributed by atoms with van der Waals surface area (Å²) < 4.78 is 1.04. The molecule has 1 aromatic carbocycles. The molecule has 0 radical (unpaired) electrons. The van der Waals surface area contributed by atoms with E-state index in [0.717, 1.165) is 35.1 Å². The van der Waals surface area contributed by atoms with Crippen LogP contribution in [0.3, 0.4) is 0 Å². The lowest BCUT2D eigenvalue weighted by Gasteiger charge is -2.27. The molecule has 2 rings (SSSR count). The predicted molar refractivity (Wildman–Crippen MR) is 88.7 cm³/mol. The molecule has 1 aliphatic heterocycles. The van der Waals surface area contributed by atoms with Crippen molar-refractivity contribution in [3.05, 3.63) is 27.8 Å². The summed E-state index contributed by atoms with van der Waals surface area (Å²) in [6, 6.07) is 7.87. The largest absolute Gasteiger partial charge is 0.395 e. The van der Waals surface area contributed by atoms with E-state index >= 15 is 0 Å². The lowest BCUT2D eigenvalue weighted by molar-refractivity contribution is -0.118. The number of para-hydroxylation sites is 1. The Morgan fingerprint density at radius 1 is 1.35 bits per heavy atom. The van der Waals surface area contributed by atoms with Gasteiger partial charge in [-0.15, -0.1) is 0 Å². The molecular weight excluding hydrogens is 367 g/mol. The Labute approximate surface area is 133 Å². The molecule has 20 heavy (non-hydrogen) atoms. The number of aliphatic hydroxyl groups excluding tert-OH is 1. The fourth-order valence-corrected chi connectivity index (χ4v) is 3.11. The molecule has 5 heteroatoms. The summed E-state index contributed by atoms with van der Waals surface area (Å²) in [6.45, 7) is 1.39. The third kappa shape index (κ3) is 4.43. The van der Waals surface area contributed by atoms with E-state index in [1.807, 2.05) is 24.3 Å². The second-order valence-electron chi connectivity index (χ2n) is 5.18. The Bertz CT molecular complexity index is 453. The van der Waals surface area contributed by atoms with E-state index in [1.54, 1.807) is 0 Å². The van der Waals surface area contributed by atoms with Gasteiger partial charge in [0.15, 0.2) is 0 Å². The van der Waals surface area contributed by atoms with Gasteiger partial charge >= 0.3 is 0 Å². The van der Waals surface area contributed by atoms with Crippen LogP contribution >= 0.6 is 22.6 Å². The number of nitrogens with one attached hydrogen (secondary N) is 1. The molecule has 1 fully saturated rings. The van der Waals surface area contributed by atoms with Crippen molar-refractivity contribution >= 4 is 34.2 Å². The molecule has 1 unspecified atom stereocenters. The number of hydrogen-bond acceptors (Lipinski definition) is 3. The monoisotopic (exact) mass is 388 g/mol. The van der Waals surface area contributed by atoms with E-state index in [9.17, 15) is 9.90 Å². The van der Waals surface area contributed by atoms with Crippen molar-refractivity contribution in [2.45, 2.75) is 31.7 Å². The summed E-state index contributed by atoms with van der Waals surface area (Å²) in [5, 5.41) is 12.4. The van der Waals surface area contributed by atoms with Gasteiger partial charge in [-0.2, -0.15) is 0 Å². The van der Waals surface area contributed by atoms with Crippen molar-refractivity contribution in [2.24, 2.45) is 0 Å². The minimum Gasteiger partial charge on any atom is -0.395 e. The average molecular weight is 388 g/mol. The first-order chi connectivity index (χ1) is 9.70. The van der Waals surface area contributed by atoms with Crippen LogP contribution in [0.15, 0.2) is 24.3 Å². The lowest BCUT2D eigenvalue weighted by Crippen LogP contribution is -2.42. The smallest absolute Gasteiger partial charge is 0.238 e. The number of rotatable bonds is 4. The van der Waals surface area contributed by atoms with Gasteiger partial charge in [0.2, 0.25) is 5.91 Å². The number of nitrogens with zero attached hydrogens (tertiary/aromatic N) is 1. The van der Waals surface area contributed by atoms with Gasteiger partial charge in [-0.3, -0.25) is 9.69 Å². The van der Waals surface area contributed by atoms with E-state index in [2.05, 4.69) is 32.8 Å². The number of amides is 1. The second kappa shape index (κ2) is 7.95. The highest BCUT2D eigenvalue weighted by molar-refractivity contribution is 14.1. The first kappa shape index (κ1) is 15.7. The third-order valence-corrected chi connectivity index (χ3v) is 4.65. The molecule has 0 saturated carbocycles. The summed E-state index contributed by atoms with van der Waals surface area (Å²) >= 11 is 2.21. The minimum atomic E-state index is -0.00512. The van der Waals surface area contributed by atoms with Crippen molar-refractivity contribution in [1.82, 2.24) is 4.90 Å². The molecular formula is C15H21IN2O2. The standard InChI is InChI=1S/C15H21IN2O2/c16-13-7-3-4-8-14(13)17-15(20)10-18-9-5-1-2-6-12(18)11-19/h3-4,7-8,12,19H,1-2,5-6,9-11H2,(H,17,20). The second-order valence-corrected chi connectivity index (χ2v) is 6.35. The molecule has 1 aromatic rings. The first-order valence-corrected chi connectivity index (χ1v) is 8.18. The molecule has 0 bridgehead atoms. The van der Waals surface area contributed by atoms with E-state index in [0.29, 0.717) is 6.54 Å². The number of anilines is 1. The van der Waals surface area contributed by atoms with Gasteiger partial charge in [0.05, 0.1) is 18.8 Å². The highest BCUT2D eigenvalue weighted by atomic mass is 127. The van der Waals surface area contributed by atoms with E-state index in [4.69, 9.17) is 0 Å². The van der Waals surface area contributed by atoms with Crippen LogP contribution in [0.1, 0.15) is 25.7 Å². The number of carbonyl (C=O) groups excluding carboxylic acids is 1. The van der Waals surface area contributed by atoms with E-state index in [-0.39, 0.29) is 18.6 Å². The Morgan fingerprint density at radius 3 is 2.90 bits per heavy atom. The van der Waals surface area contributed by atoms with Crippen molar-refractivity contribution in [2.75, 3.05) is 25.0 Å². The van der Waals surface area contributed by atoms with Gasteiger partial charge in [0.1, 0.15) is 0 Å². The Hall–Kier alpha value is -0.660. The highest BCUT2D eigenvalue weighted by Crippen LogP contribution is 2.18. The fourth-order valence-electron chi connectivity index (χ4n) is 2.59. The van der Waals surface area contributed by atoms with Gasteiger partial charge in [-0.05, 0) is 54.1 Å². The van der Waals surface area contributed by atoms with E-state index < -0.39 is 0 Å². The number of halogens is 1. The molecule has 1 heterocycles. The van der Waals surface area contributed by atoms with Gasteiger partial charge < -0.3 is 10.4 Å². The van der Waals surface area contributed by atoms with Crippen molar-refractivity contribution in [1.29, 1.82) is 0 Å². The summed E-state index contributed by atoms with van der Waals surface area (Å²) in [5.41, 5.74) is 0.855. The summed E-state index contributed by atoms with van der Waals surface area (Å²) in [6.07, 6.45) is 4.41. The Morgan fingerprint density at radius 2 is 2.15 bits per heavy atom. The zero-order chi connectivity index (χ0) is 14.4. The molecule has 0 aliphatic carbocycles. The number of hydrogen-bond donors (Lipinski definition) is 2. The molecule has 1 saturated heterocycles. The molecule has 0 spiro atoms. The normalized spacial score (nSPS) is 20.4. The fraction of sp³-hybridized carbons (Fsp3) is 0.533. The zero-order valence-corrected chi connectivity index (χ0v) is 13.7. The van der Waals surface area contributed by atoms with Gasteiger partial charge in [-0.25, -0.2) is 0 Å². The summed E-state index contributed by atoms with van der Waals surface area (Å²) in [7, 11) is 0. The quantitative estimate of drug-likeness (QED) is 0.780. The maximum atomic E-state index is 12.2. The van der Waals surface area contributed by atoms with Crippen LogP contribution in [-0.4, -0.2) is 41.7 Å². The number of carbonyl (C=O) groups is 1. The zero-order valence-electron chi connectivity index (χ0n) is 11.5. The number of benzene rings is 1. The number of aliphatic hydroxyl groups is 1. The van der Waals surface area contributed by atoms with Gasteiger partial charge in [-0.1, -0.05) is 25.0 Å². The molecule has 110 valence electrons. The third-order valence-electron chi connectivity index (χ3n) is 3.70. The van der Waals surface area contributed by atoms with Crippen LogP contribution in [0.5, 0.6) is 0 Å². The SMILES string of the molecule is O=C(CN1CCCCCC1CO)Nc1ccccc1I. The molecule has 0 aromatic heterocycles. The highest BCUT2D eigenvalue weighted by Gasteiger charge is 2.22. The topological polar surface area (TPSA) is 52.6 Å². The first-order valence-electron chi connectivity index (χ1n) is 7.10. The van der Waals surface area contributed by atoms with Crippen LogP contribution in [0.4, 0.5) is 5.69 Å². The summed E-state index contributed by atoms with van der Waals surface area (Å²) in [4.78, 5) is 14.3. The maximum Gasteiger partial charge on any atom is 0.238 e. The molecule has 1 atom stereocenters. The van der Waals surface area contributed by atoms with Crippen LogP contribution in [-0.2, 0) is 4.79 Å². The Kier molecular flexibility index (Phi) is 6.25. The van der Waals surface area contributed by atoms with Gasteiger partial charge in [0.25, 0.3) is 0 Å². The molecule has 1 amide bonds. The number of likely N-dealkylation sites (tertiary alicyclic amines) is 1. The van der Waals surface area contributed by atoms with Crippen molar-refractivity contribution < 1.29 is 9.90 Å². The molecule has 1 aliphatic rings. The van der Waals surface area contributed by atoms with Crippen LogP contribution in [0.2, 0.25) is 0 Å². The van der Waals surface area contributed by atoms with Crippen LogP contribution in [0.25, 0.3) is 0 Å². The molecule has 4 nitrogen and oxygen atoms in total. The van der Waals surface area contributed by atoms with Crippen LogP contribution < -0.4 is 5.32 Å². The molecule has 2 N–H and O–H groups in total. The minimum absolute atomic E-state index is 0.00512. The Balaban J connectivity index is 1.94. The average Bonchev–Trinajstić information content (AvgIpc) is 2.66. The van der Waals surface area contributed by atoms with Crippen LogP contribution in [0, 0.1) is 3.57 Å². The van der Waals surface area contributed by atoms with Crippen molar-refractivity contribution in [3.8, 4) is 0 Å². The predicted octanol–water partition coefficient (Wildman–Crippen LogP) is 2.47. The lowest BCUT2D eigenvalue weighted by atomic mass is 10.1. The maximum absolute atomic E-state index is 12.2. The summed E-state index contributed by atoms with van der Waals surface area (Å²) in [5.74, 6) is -0.00512. The van der Waals surface area contributed by atoms with Gasteiger partial charge in [0, 0.05) is 9.61 Å².